The van der Waals surface area contributed by atoms with E-state index < -0.39 is 17.2 Å². The first-order valence-electron chi connectivity index (χ1n) is 11.0. The highest BCUT2D eigenvalue weighted by Gasteiger charge is 2.43. The lowest BCUT2D eigenvalue weighted by molar-refractivity contribution is -0.122. The quantitative estimate of drug-likeness (QED) is 0.429. The molecule has 3 N–H and O–H groups in total. The van der Waals surface area contributed by atoms with Gasteiger partial charge in [0.05, 0.1) is 0 Å². The Morgan fingerprint density at radius 2 is 1.94 bits per heavy atom. The van der Waals surface area contributed by atoms with Crippen LogP contribution in [0.4, 0.5) is 22.1 Å². The molecular weight excluding hydrogens is 433 g/mol. The lowest BCUT2D eigenvalue weighted by Gasteiger charge is -2.30. The average Bonchev–Trinajstić information content (AvgIpc) is 3.22. The first kappa shape index (κ1) is 24.9. The molecule has 0 aliphatic heterocycles. The standard InChI is InChI=1S/C24H28BN5O4/c1-5-13-33-19-18(25)15-26-21(29-19)28-17-10-8-9-16(14-17)27-20(31)24(11-6-7-12-24)30-22(32)34-23(2,3)4/h1,8-10,14-15H,6-7,11-13H2,2-4H3,(H,27,31)(H,30,32)(H,26,28,29). The number of carbonyl (C=O) groups excluding carboxylic acids is 2. The van der Waals surface area contributed by atoms with Gasteiger partial charge in [-0.1, -0.05) is 24.8 Å². The smallest absolute Gasteiger partial charge is 0.408 e. The Balaban J connectivity index is 1.71. The number of benzene rings is 1. The largest absolute Gasteiger partial charge is 0.465 e. The van der Waals surface area contributed by atoms with Gasteiger partial charge in [-0.2, -0.15) is 4.98 Å². The number of carbonyl (C=O) groups is 2. The molecule has 34 heavy (non-hydrogen) atoms. The van der Waals surface area contributed by atoms with Gasteiger partial charge in [0.1, 0.15) is 19.0 Å². The van der Waals surface area contributed by atoms with Crippen LogP contribution in [-0.2, 0) is 9.53 Å². The first-order valence-corrected chi connectivity index (χ1v) is 11.0. The second-order valence-electron chi connectivity index (χ2n) is 9.02. The van der Waals surface area contributed by atoms with Gasteiger partial charge in [-0.3, -0.25) is 4.79 Å². The molecule has 2 radical (unpaired) electrons. The van der Waals surface area contributed by atoms with E-state index in [0.29, 0.717) is 24.2 Å². The van der Waals surface area contributed by atoms with Crippen LogP contribution in [0.5, 0.6) is 5.88 Å². The van der Waals surface area contributed by atoms with E-state index in [9.17, 15) is 9.59 Å². The number of aromatic nitrogens is 2. The van der Waals surface area contributed by atoms with Crippen LogP contribution in [0.1, 0.15) is 46.5 Å². The van der Waals surface area contributed by atoms with Gasteiger partial charge in [0.2, 0.25) is 17.7 Å². The van der Waals surface area contributed by atoms with Crippen LogP contribution in [0.15, 0.2) is 30.5 Å². The Hall–Kier alpha value is -3.74. The summed E-state index contributed by atoms with van der Waals surface area (Å²) < 4.78 is 10.7. The number of hydrogen-bond donors (Lipinski definition) is 3. The van der Waals surface area contributed by atoms with Gasteiger partial charge in [-0.15, -0.1) is 6.42 Å². The van der Waals surface area contributed by atoms with Crippen molar-refractivity contribution in [2.45, 2.75) is 57.6 Å². The number of nitrogens with zero attached hydrogens (tertiary/aromatic N) is 2. The maximum Gasteiger partial charge on any atom is 0.408 e. The lowest BCUT2D eigenvalue weighted by atomic mass is 9.96. The fourth-order valence-electron chi connectivity index (χ4n) is 3.60. The van der Waals surface area contributed by atoms with E-state index >= 15 is 0 Å². The molecule has 10 heteroatoms. The third-order valence-corrected chi connectivity index (χ3v) is 5.08. The summed E-state index contributed by atoms with van der Waals surface area (Å²) in [6, 6.07) is 7.05. The molecule has 3 rings (SSSR count). The minimum absolute atomic E-state index is 0.0290. The number of rotatable bonds is 7. The Morgan fingerprint density at radius 1 is 1.24 bits per heavy atom. The molecule has 2 amide bonds. The number of anilines is 3. The van der Waals surface area contributed by atoms with E-state index in [2.05, 4.69) is 31.8 Å². The highest BCUT2D eigenvalue weighted by Crippen LogP contribution is 2.32. The molecule has 1 saturated carbocycles. The van der Waals surface area contributed by atoms with Gasteiger partial charge in [0.25, 0.3) is 0 Å². The van der Waals surface area contributed by atoms with Crippen molar-refractivity contribution >= 4 is 42.6 Å². The summed E-state index contributed by atoms with van der Waals surface area (Å²) in [6.45, 7) is 5.37. The van der Waals surface area contributed by atoms with Crippen molar-refractivity contribution in [3.63, 3.8) is 0 Å². The van der Waals surface area contributed by atoms with Crippen LogP contribution < -0.4 is 26.2 Å². The van der Waals surface area contributed by atoms with Crippen molar-refractivity contribution in [2.75, 3.05) is 17.2 Å². The second kappa shape index (κ2) is 10.5. The lowest BCUT2D eigenvalue weighted by Crippen LogP contribution is -2.55. The van der Waals surface area contributed by atoms with Crippen molar-refractivity contribution in [1.82, 2.24) is 15.3 Å². The van der Waals surface area contributed by atoms with E-state index in [-0.39, 0.29) is 29.8 Å². The minimum Gasteiger partial charge on any atom is -0.465 e. The summed E-state index contributed by atoms with van der Waals surface area (Å²) in [7, 11) is 5.81. The predicted octanol–water partition coefficient (Wildman–Crippen LogP) is 2.80. The average molecular weight is 461 g/mol. The number of nitrogens with one attached hydrogen (secondary N) is 3. The number of alkyl carbamates (subject to hydrolysis) is 1. The SMILES string of the molecule is [B]c1cnc(Nc2cccc(NC(=O)C3(NC(=O)OC(C)(C)C)CCCC3)c2)nc1OCC#C. The van der Waals surface area contributed by atoms with E-state index in [1.165, 1.54) is 6.20 Å². The van der Waals surface area contributed by atoms with Gasteiger partial charge in [-0.25, -0.2) is 9.78 Å². The topological polar surface area (TPSA) is 114 Å². The molecule has 1 aliphatic rings. The molecule has 176 valence electrons. The zero-order valence-corrected chi connectivity index (χ0v) is 19.6. The van der Waals surface area contributed by atoms with Gasteiger partial charge in [0, 0.05) is 17.6 Å². The number of terminal acetylenes is 1. The summed E-state index contributed by atoms with van der Waals surface area (Å²) in [5.74, 6) is 2.49. The first-order chi connectivity index (χ1) is 16.1. The van der Waals surface area contributed by atoms with Crippen molar-refractivity contribution < 1.29 is 19.1 Å². The predicted molar refractivity (Wildman–Crippen MR) is 131 cm³/mol. The van der Waals surface area contributed by atoms with Gasteiger partial charge < -0.3 is 25.4 Å². The highest BCUT2D eigenvalue weighted by molar-refractivity contribution is 6.33. The van der Waals surface area contributed by atoms with E-state index in [1.54, 1.807) is 45.0 Å². The fraction of sp³-hybridized carbons (Fsp3) is 0.417. The third-order valence-electron chi connectivity index (χ3n) is 5.08. The van der Waals surface area contributed by atoms with Crippen molar-refractivity contribution in [3.8, 4) is 18.2 Å². The molecular formula is C24H28BN5O4. The molecule has 1 aromatic carbocycles. The second-order valence-corrected chi connectivity index (χ2v) is 9.02. The van der Waals surface area contributed by atoms with Crippen LogP contribution in [0, 0.1) is 12.3 Å². The molecule has 1 aromatic heterocycles. The molecule has 2 aromatic rings. The molecule has 0 bridgehead atoms. The van der Waals surface area contributed by atoms with Crippen LogP contribution >= 0.6 is 0 Å². The maximum absolute atomic E-state index is 13.2. The van der Waals surface area contributed by atoms with Crippen molar-refractivity contribution in [2.24, 2.45) is 0 Å². The zero-order chi connectivity index (χ0) is 24.8. The molecule has 1 heterocycles. The summed E-state index contributed by atoms with van der Waals surface area (Å²) >= 11 is 0. The molecule has 0 spiro atoms. The Labute approximate surface area is 200 Å². The monoisotopic (exact) mass is 461 g/mol. The van der Waals surface area contributed by atoms with Crippen molar-refractivity contribution in [3.05, 3.63) is 30.5 Å². The summed E-state index contributed by atoms with van der Waals surface area (Å²) in [6.07, 6.45) is 8.77. The van der Waals surface area contributed by atoms with Gasteiger partial charge in [0.15, 0.2) is 6.61 Å². The number of hydrogen-bond acceptors (Lipinski definition) is 7. The molecule has 0 atom stereocenters. The molecule has 1 aliphatic carbocycles. The maximum atomic E-state index is 13.2. The van der Waals surface area contributed by atoms with Crippen molar-refractivity contribution in [1.29, 1.82) is 0 Å². The molecule has 1 fully saturated rings. The fourth-order valence-corrected chi connectivity index (χ4v) is 3.60. The Kier molecular flexibility index (Phi) is 7.66. The zero-order valence-electron chi connectivity index (χ0n) is 19.6. The minimum atomic E-state index is -1.02. The van der Waals surface area contributed by atoms with Crippen LogP contribution in [0.3, 0.4) is 0 Å². The van der Waals surface area contributed by atoms with Gasteiger partial charge >= 0.3 is 6.09 Å². The number of ether oxygens (including phenoxy) is 2. The Bertz CT molecular complexity index is 1090. The van der Waals surface area contributed by atoms with E-state index in [1.807, 2.05) is 0 Å². The van der Waals surface area contributed by atoms with E-state index in [0.717, 1.165) is 12.8 Å². The summed E-state index contributed by atoms with van der Waals surface area (Å²) in [4.78, 5) is 34.0. The Morgan fingerprint density at radius 3 is 2.62 bits per heavy atom. The molecule has 0 unspecified atom stereocenters. The number of amides is 2. The van der Waals surface area contributed by atoms with Gasteiger partial charge in [-0.05, 0) is 57.3 Å². The molecule has 0 saturated heterocycles. The highest BCUT2D eigenvalue weighted by atomic mass is 16.6. The third kappa shape index (κ3) is 6.64. The van der Waals surface area contributed by atoms with Crippen LogP contribution in [-0.4, -0.2) is 47.6 Å². The van der Waals surface area contributed by atoms with Crippen LogP contribution in [0.2, 0.25) is 0 Å². The summed E-state index contributed by atoms with van der Waals surface area (Å²) in [5.41, 5.74) is -0.232. The summed E-state index contributed by atoms with van der Waals surface area (Å²) in [5, 5.41) is 8.76. The van der Waals surface area contributed by atoms with Crippen LogP contribution in [0.25, 0.3) is 0 Å². The van der Waals surface area contributed by atoms with E-state index in [4.69, 9.17) is 23.7 Å². The normalized spacial score (nSPS) is 14.5. The molecule has 9 nitrogen and oxygen atoms in total.